The van der Waals surface area contributed by atoms with E-state index < -0.39 is 0 Å². The van der Waals surface area contributed by atoms with Gasteiger partial charge in [-0.05, 0) is 48.6 Å². The lowest BCUT2D eigenvalue weighted by molar-refractivity contribution is -0.115. The Hall–Kier alpha value is -1.65. The maximum Gasteiger partial charge on any atom is 0.228 e. The highest BCUT2D eigenvalue weighted by Crippen LogP contribution is 2.35. The van der Waals surface area contributed by atoms with Gasteiger partial charge in [0, 0.05) is 16.1 Å². The van der Waals surface area contributed by atoms with Gasteiger partial charge in [-0.2, -0.15) is 0 Å². The molecule has 2 heterocycles. The van der Waals surface area contributed by atoms with Crippen molar-refractivity contribution in [1.82, 2.24) is 0 Å². The molecule has 1 aromatic carbocycles. The molecular formula is C16H12ClNO2S. The summed E-state index contributed by atoms with van der Waals surface area (Å²) in [5.41, 5.74) is 3.36. The molecular weight excluding hydrogens is 306 g/mol. The molecule has 1 aliphatic carbocycles. The Balaban J connectivity index is 1.74. The van der Waals surface area contributed by atoms with Gasteiger partial charge in [0.25, 0.3) is 0 Å². The van der Waals surface area contributed by atoms with Crippen molar-refractivity contribution in [3.05, 3.63) is 49.7 Å². The number of thiophene rings is 1. The van der Waals surface area contributed by atoms with Gasteiger partial charge in [-0.3, -0.25) is 9.59 Å². The van der Waals surface area contributed by atoms with Crippen molar-refractivity contribution in [2.75, 3.05) is 5.32 Å². The van der Waals surface area contributed by atoms with E-state index in [9.17, 15) is 9.59 Å². The molecule has 1 amide bonds. The number of carbonyl (C=O) groups is 2. The van der Waals surface area contributed by atoms with Crippen LogP contribution in [0.2, 0.25) is 5.02 Å². The standard InChI is InChI=1S/C16H12ClNO2S/c17-11-7-12-9(6-15(19)18-12)4-10(11)16(20)14-5-8-2-1-3-13(8)21-14/h4-5,7H,1-3,6H2,(H,18,19). The molecule has 2 aliphatic rings. The molecule has 0 bridgehead atoms. The quantitative estimate of drug-likeness (QED) is 0.860. The molecule has 0 saturated carbocycles. The van der Waals surface area contributed by atoms with E-state index in [1.807, 2.05) is 6.07 Å². The average Bonchev–Trinajstić information content (AvgIpc) is 3.09. The molecule has 5 heteroatoms. The summed E-state index contributed by atoms with van der Waals surface area (Å²) in [6.45, 7) is 0. The number of anilines is 1. The Morgan fingerprint density at radius 1 is 1.19 bits per heavy atom. The van der Waals surface area contributed by atoms with E-state index in [4.69, 9.17) is 11.6 Å². The molecule has 4 rings (SSSR count). The van der Waals surface area contributed by atoms with Crippen molar-refractivity contribution in [3.63, 3.8) is 0 Å². The first-order valence-corrected chi connectivity index (χ1v) is 8.10. The predicted molar refractivity (Wildman–Crippen MR) is 83.6 cm³/mol. The Kier molecular flexibility index (Phi) is 2.91. The van der Waals surface area contributed by atoms with E-state index in [1.54, 1.807) is 23.5 Å². The van der Waals surface area contributed by atoms with Crippen LogP contribution < -0.4 is 5.32 Å². The van der Waals surface area contributed by atoms with E-state index in [1.165, 1.54) is 16.9 Å². The van der Waals surface area contributed by atoms with Crippen molar-refractivity contribution < 1.29 is 9.59 Å². The third kappa shape index (κ3) is 2.10. The second kappa shape index (κ2) is 4.68. The summed E-state index contributed by atoms with van der Waals surface area (Å²) in [6, 6.07) is 5.43. The number of rotatable bonds is 2. The molecule has 0 atom stereocenters. The molecule has 1 aromatic heterocycles. The number of nitrogens with one attached hydrogen (secondary N) is 1. The zero-order valence-electron chi connectivity index (χ0n) is 11.2. The van der Waals surface area contributed by atoms with E-state index in [-0.39, 0.29) is 11.7 Å². The van der Waals surface area contributed by atoms with Gasteiger partial charge >= 0.3 is 0 Å². The highest BCUT2D eigenvalue weighted by atomic mass is 35.5. The molecule has 21 heavy (non-hydrogen) atoms. The third-order valence-electron chi connectivity index (χ3n) is 4.03. The zero-order chi connectivity index (χ0) is 14.6. The minimum Gasteiger partial charge on any atom is -0.325 e. The highest BCUT2D eigenvalue weighted by molar-refractivity contribution is 7.14. The first-order valence-electron chi connectivity index (χ1n) is 6.90. The molecule has 0 spiro atoms. The number of halogens is 1. The Morgan fingerprint density at radius 2 is 2.05 bits per heavy atom. The molecule has 0 unspecified atom stereocenters. The Labute approximate surface area is 130 Å². The van der Waals surface area contributed by atoms with Crippen LogP contribution in [0.25, 0.3) is 0 Å². The first-order chi connectivity index (χ1) is 10.1. The van der Waals surface area contributed by atoms with E-state index in [0.29, 0.717) is 17.0 Å². The van der Waals surface area contributed by atoms with Crippen molar-refractivity contribution in [1.29, 1.82) is 0 Å². The average molecular weight is 318 g/mol. The number of ketones is 1. The predicted octanol–water partition coefficient (Wildman–Crippen LogP) is 3.62. The number of aryl methyl sites for hydroxylation is 2. The number of fused-ring (bicyclic) bond motifs is 2. The van der Waals surface area contributed by atoms with E-state index in [0.717, 1.165) is 29.0 Å². The van der Waals surface area contributed by atoms with Gasteiger partial charge in [-0.1, -0.05) is 11.6 Å². The van der Waals surface area contributed by atoms with E-state index in [2.05, 4.69) is 5.32 Å². The van der Waals surface area contributed by atoms with Gasteiger partial charge in [0.05, 0.1) is 16.3 Å². The maximum absolute atomic E-state index is 12.7. The lowest BCUT2D eigenvalue weighted by Crippen LogP contribution is -2.03. The maximum atomic E-state index is 12.7. The molecule has 1 N–H and O–H groups in total. The lowest BCUT2D eigenvalue weighted by atomic mass is 10.0. The minimum absolute atomic E-state index is 0.0402. The summed E-state index contributed by atoms with van der Waals surface area (Å²) in [7, 11) is 0. The van der Waals surface area contributed by atoms with Crippen molar-refractivity contribution in [2.24, 2.45) is 0 Å². The lowest BCUT2D eigenvalue weighted by Gasteiger charge is -2.05. The van der Waals surface area contributed by atoms with Crippen LogP contribution in [0, 0.1) is 0 Å². The fourth-order valence-corrected chi connectivity index (χ4v) is 4.45. The van der Waals surface area contributed by atoms with Gasteiger partial charge in [-0.25, -0.2) is 0 Å². The Bertz CT molecular complexity index is 772. The summed E-state index contributed by atoms with van der Waals surface area (Å²) in [5, 5.41) is 3.14. The fraction of sp³-hybridized carbons (Fsp3) is 0.250. The normalized spacial score (nSPS) is 15.8. The van der Waals surface area contributed by atoms with Crippen LogP contribution in [-0.4, -0.2) is 11.7 Å². The van der Waals surface area contributed by atoms with Crippen molar-refractivity contribution in [2.45, 2.75) is 25.7 Å². The SMILES string of the molecule is O=C1Cc2cc(C(=O)c3cc4c(s3)CCC4)c(Cl)cc2N1. The van der Waals surface area contributed by atoms with Gasteiger partial charge in [-0.15, -0.1) is 11.3 Å². The van der Waals surface area contributed by atoms with Crippen LogP contribution in [0.1, 0.15) is 37.7 Å². The highest BCUT2D eigenvalue weighted by Gasteiger charge is 2.24. The van der Waals surface area contributed by atoms with Crippen molar-refractivity contribution in [3.8, 4) is 0 Å². The van der Waals surface area contributed by atoms with Crippen LogP contribution in [0.5, 0.6) is 0 Å². The molecule has 3 nitrogen and oxygen atoms in total. The minimum atomic E-state index is -0.0548. The number of hydrogen-bond donors (Lipinski definition) is 1. The topological polar surface area (TPSA) is 46.2 Å². The number of hydrogen-bond acceptors (Lipinski definition) is 3. The van der Waals surface area contributed by atoms with Gasteiger partial charge < -0.3 is 5.32 Å². The first kappa shape index (κ1) is 13.0. The summed E-state index contributed by atoms with van der Waals surface area (Å²) in [4.78, 5) is 26.2. The molecule has 0 saturated heterocycles. The van der Waals surface area contributed by atoms with Crippen LogP contribution >= 0.6 is 22.9 Å². The fourth-order valence-electron chi connectivity index (χ4n) is 3.00. The van der Waals surface area contributed by atoms with Gasteiger partial charge in [0.1, 0.15) is 0 Å². The summed E-state index contributed by atoms with van der Waals surface area (Å²) < 4.78 is 0. The van der Waals surface area contributed by atoms with Crippen LogP contribution in [0.15, 0.2) is 18.2 Å². The van der Waals surface area contributed by atoms with E-state index >= 15 is 0 Å². The largest absolute Gasteiger partial charge is 0.325 e. The van der Waals surface area contributed by atoms with Gasteiger partial charge in [0.2, 0.25) is 11.7 Å². The molecule has 1 aliphatic heterocycles. The smallest absolute Gasteiger partial charge is 0.228 e. The van der Waals surface area contributed by atoms with Gasteiger partial charge in [0.15, 0.2) is 0 Å². The van der Waals surface area contributed by atoms with Crippen LogP contribution in [0.3, 0.4) is 0 Å². The summed E-state index contributed by atoms with van der Waals surface area (Å²) in [5.74, 6) is -0.0951. The molecule has 2 aromatic rings. The number of benzene rings is 1. The van der Waals surface area contributed by atoms with Crippen molar-refractivity contribution >= 4 is 40.3 Å². The second-order valence-corrected chi connectivity index (χ2v) is 7.00. The molecule has 106 valence electrons. The number of amides is 1. The molecule has 0 radical (unpaired) electrons. The second-order valence-electron chi connectivity index (χ2n) is 5.46. The summed E-state index contributed by atoms with van der Waals surface area (Å²) >= 11 is 7.80. The Morgan fingerprint density at radius 3 is 2.86 bits per heavy atom. The van der Waals surface area contributed by atoms with Crippen LogP contribution in [0.4, 0.5) is 5.69 Å². The monoisotopic (exact) mass is 317 g/mol. The third-order valence-corrected chi connectivity index (χ3v) is 5.58. The summed E-state index contributed by atoms with van der Waals surface area (Å²) in [6.07, 6.45) is 3.63. The molecule has 0 fully saturated rings. The van der Waals surface area contributed by atoms with Crippen LogP contribution in [-0.2, 0) is 24.1 Å². The number of carbonyl (C=O) groups excluding carboxylic acids is 2. The zero-order valence-corrected chi connectivity index (χ0v) is 12.7.